The molecule has 0 atom stereocenters. The zero-order valence-corrected chi connectivity index (χ0v) is 9.52. The number of rotatable bonds is 2. The van der Waals surface area contributed by atoms with Crippen LogP contribution in [0.5, 0.6) is 0 Å². The maximum Gasteiger partial charge on any atom is 0.324 e. The lowest BCUT2D eigenvalue weighted by molar-refractivity contribution is 0.198. The van der Waals surface area contributed by atoms with Gasteiger partial charge in [-0.05, 0) is 37.6 Å². The largest absolute Gasteiger partial charge is 0.399 e. The standard InChI is InChI=1S/C12H17N3O/c1-2-14-8-3-9-15(12(14)16)11-6-4-10(13)5-7-11/h4-7H,2-3,8-9,13H2,1H3. The Morgan fingerprint density at radius 1 is 1.25 bits per heavy atom. The van der Waals surface area contributed by atoms with Crippen LogP contribution in [0.25, 0.3) is 0 Å². The molecule has 0 bridgehead atoms. The van der Waals surface area contributed by atoms with Crippen LogP contribution in [0.4, 0.5) is 16.2 Å². The first-order valence-electron chi connectivity index (χ1n) is 5.64. The Bertz CT molecular complexity index is 374. The van der Waals surface area contributed by atoms with Crippen LogP contribution in [-0.2, 0) is 0 Å². The van der Waals surface area contributed by atoms with Crippen molar-refractivity contribution in [2.75, 3.05) is 30.3 Å². The van der Waals surface area contributed by atoms with Gasteiger partial charge in [0.25, 0.3) is 0 Å². The molecule has 0 saturated carbocycles. The quantitative estimate of drug-likeness (QED) is 0.772. The van der Waals surface area contributed by atoms with Gasteiger partial charge in [0, 0.05) is 31.0 Å². The van der Waals surface area contributed by atoms with Gasteiger partial charge in [0.2, 0.25) is 0 Å². The molecule has 1 aliphatic rings. The molecule has 1 aromatic carbocycles. The van der Waals surface area contributed by atoms with Gasteiger partial charge < -0.3 is 10.6 Å². The first kappa shape index (κ1) is 10.8. The molecule has 1 aliphatic heterocycles. The SMILES string of the molecule is CCN1CCCN(c2ccc(N)cc2)C1=O. The highest BCUT2D eigenvalue weighted by Gasteiger charge is 2.25. The van der Waals surface area contributed by atoms with Gasteiger partial charge in [0.1, 0.15) is 0 Å². The highest BCUT2D eigenvalue weighted by Crippen LogP contribution is 2.20. The molecule has 0 spiro atoms. The normalized spacial score (nSPS) is 16.7. The summed E-state index contributed by atoms with van der Waals surface area (Å²) in [6.45, 7) is 4.43. The summed E-state index contributed by atoms with van der Waals surface area (Å²) in [4.78, 5) is 15.7. The third-order valence-corrected chi connectivity index (χ3v) is 2.90. The second-order valence-electron chi connectivity index (χ2n) is 3.96. The molecule has 16 heavy (non-hydrogen) atoms. The Kier molecular flexibility index (Phi) is 2.99. The van der Waals surface area contributed by atoms with Crippen molar-refractivity contribution in [2.45, 2.75) is 13.3 Å². The number of carbonyl (C=O) groups excluding carboxylic acids is 1. The van der Waals surface area contributed by atoms with Gasteiger partial charge in [-0.25, -0.2) is 4.79 Å². The van der Waals surface area contributed by atoms with E-state index in [2.05, 4.69) is 0 Å². The van der Waals surface area contributed by atoms with E-state index < -0.39 is 0 Å². The van der Waals surface area contributed by atoms with Gasteiger partial charge >= 0.3 is 6.03 Å². The van der Waals surface area contributed by atoms with Crippen LogP contribution in [0.15, 0.2) is 24.3 Å². The summed E-state index contributed by atoms with van der Waals surface area (Å²) in [6.07, 6.45) is 1.02. The Hall–Kier alpha value is -1.71. The average Bonchev–Trinajstić information content (AvgIpc) is 2.31. The van der Waals surface area contributed by atoms with E-state index in [1.54, 1.807) is 0 Å². The minimum Gasteiger partial charge on any atom is -0.399 e. The molecule has 1 fully saturated rings. The molecule has 4 nitrogen and oxygen atoms in total. The minimum absolute atomic E-state index is 0.0959. The highest BCUT2D eigenvalue weighted by molar-refractivity contribution is 5.92. The fourth-order valence-electron chi connectivity index (χ4n) is 1.97. The molecule has 0 radical (unpaired) electrons. The van der Waals surface area contributed by atoms with Crippen LogP contribution in [-0.4, -0.2) is 30.6 Å². The van der Waals surface area contributed by atoms with E-state index in [9.17, 15) is 4.79 Å². The van der Waals surface area contributed by atoms with Crippen LogP contribution in [0.1, 0.15) is 13.3 Å². The van der Waals surface area contributed by atoms with Crippen LogP contribution in [0, 0.1) is 0 Å². The van der Waals surface area contributed by atoms with Crippen molar-refractivity contribution in [1.82, 2.24) is 4.90 Å². The topological polar surface area (TPSA) is 49.6 Å². The van der Waals surface area contributed by atoms with E-state index in [1.165, 1.54) is 0 Å². The summed E-state index contributed by atoms with van der Waals surface area (Å²) in [7, 11) is 0. The first-order chi connectivity index (χ1) is 7.72. The van der Waals surface area contributed by atoms with E-state index in [1.807, 2.05) is 41.0 Å². The van der Waals surface area contributed by atoms with Crippen LogP contribution < -0.4 is 10.6 Å². The van der Waals surface area contributed by atoms with Crippen molar-refractivity contribution >= 4 is 17.4 Å². The lowest BCUT2D eigenvalue weighted by atomic mass is 10.2. The number of urea groups is 1. The Balaban J connectivity index is 2.20. The molecule has 2 rings (SSSR count). The van der Waals surface area contributed by atoms with Crippen molar-refractivity contribution < 1.29 is 4.79 Å². The average molecular weight is 219 g/mol. The zero-order valence-electron chi connectivity index (χ0n) is 9.52. The minimum atomic E-state index is 0.0959. The number of carbonyl (C=O) groups is 1. The fraction of sp³-hybridized carbons (Fsp3) is 0.417. The maximum absolute atomic E-state index is 12.1. The van der Waals surface area contributed by atoms with E-state index in [0.717, 1.165) is 37.4 Å². The predicted molar refractivity (Wildman–Crippen MR) is 65.5 cm³/mol. The molecule has 1 saturated heterocycles. The maximum atomic E-state index is 12.1. The summed E-state index contributed by atoms with van der Waals surface area (Å²) in [5.74, 6) is 0. The first-order valence-corrected chi connectivity index (χ1v) is 5.64. The highest BCUT2D eigenvalue weighted by atomic mass is 16.2. The van der Waals surface area contributed by atoms with Crippen molar-refractivity contribution in [1.29, 1.82) is 0 Å². The molecule has 4 heteroatoms. The number of benzene rings is 1. The molecule has 0 aliphatic carbocycles. The number of nitrogens with zero attached hydrogens (tertiary/aromatic N) is 2. The van der Waals surface area contributed by atoms with Gasteiger partial charge in [0.05, 0.1) is 0 Å². The van der Waals surface area contributed by atoms with E-state index in [4.69, 9.17) is 5.73 Å². The van der Waals surface area contributed by atoms with Gasteiger partial charge in [-0.15, -0.1) is 0 Å². The van der Waals surface area contributed by atoms with Crippen molar-refractivity contribution in [3.63, 3.8) is 0 Å². The molecule has 2 N–H and O–H groups in total. The lowest BCUT2D eigenvalue weighted by Crippen LogP contribution is -2.49. The van der Waals surface area contributed by atoms with Crippen molar-refractivity contribution in [2.24, 2.45) is 0 Å². The van der Waals surface area contributed by atoms with Gasteiger partial charge in [0.15, 0.2) is 0 Å². The van der Waals surface area contributed by atoms with Gasteiger partial charge in [-0.2, -0.15) is 0 Å². The Morgan fingerprint density at radius 3 is 2.56 bits per heavy atom. The molecule has 1 heterocycles. The number of hydrogen-bond acceptors (Lipinski definition) is 2. The fourth-order valence-corrected chi connectivity index (χ4v) is 1.97. The second kappa shape index (κ2) is 4.43. The summed E-state index contributed by atoms with van der Waals surface area (Å²) < 4.78 is 0. The van der Waals surface area contributed by atoms with Crippen LogP contribution >= 0.6 is 0 Å². The Labute approximate surface area is 95.6 Å². The summed E-state index contributed by atoms with van der Waals surface area (Å²) in [5, 5.41) is 0. The zero-order chi connectivity index (χ0) is 11.5. The number of nitrogens with two attached hydrogens (primary N) is 1. The second-order valence-corrected chi connectivity index (χ2v) is 3.96. The molecule has 1 aromatic rings. The molecular formula is C12H17N3O. The number of nitrogen functional groups attached to an aromatic ring is 1. The Morgan fingerprint density at radius 2 is 1.94 bits per heavy atom. The number of amides is 2. The molecule has 0 unspecified atom stereocenters. The van der Waals surface area contributed by atoms with Crippen molar-refractivity contribution in [3.05, 3.63) is 24.3 Å². The number of hydrogen-bond donors (Lipinski definition) is 1. The summed E-state index contributed by atoms with van der Waals surface area (Å²) in [5.41, 5.74) is 7.28. The monoisotopic (exact) mass is 219 g/mol. The van der Waals surface area contributed by atoms with E-state index in [0.29, 0.717) is 0 Å². The lowest BCUT2D eigenvalue weighted by Gasteiger charge is -2.35. The van der Waals surface area contributed by atoms with Crippen LogP contribution in [0.3, 0.4) is 0 Å². The molecule has 2 amide bonds. The molecular weight excluding hydrogens is 202 g/mol. The number of anilines is 2. The predicted octanol–water partition coefficient (Wildman–Crippen LogP) is 1.92. The third-order valence-electron chi connectivity index (χ3n) is 2.90. The third kappa shape index (κ3) is 1.96. The van der Waals surface area contributed by atoms with Crippen LogP contribution in [0.2, 0.25) is 0 Å². The smallest absolute Gasteiger partial charge is 0.324 e. The molecule has 86 valence electrons. The summed E-state index contributed by atoms with van der Waals surface area (Å²) in [6, 6.07) is 7.54. The van der Waals surface area contributed by atoms with Crippen molar-refractivity contribution in [3.8, 4) is 0 Å². The van der Waals surface area contributed by atoms with Gasteiger partial charge in [-0.1, -0.05) is 0 Å². The van der Waals surface area contributed by atoms with E-state index in [-0.39, 0.29) is 6.03 Å². The van der Waals surface area contributed by atoms with Gasteiger partial charge in [-0.3, -0.25) is 4.90 Å². The van der Waals surface area contributed by atoms with E-state index >= 15 is 0 Å². The summed E-state index contributed by atoms with van der Waals surface area (Å²) >= 11 is 0. The molecule has 0 aromatic heterocycles.